The van der Waals surface area contributed by atoms with Crippen molar-refractivity contribution in [3.63, 3.8) is 0 Å². The first-order valence-corrected chi connectivity index (χ1v) is 5.64. The molecule has 1 N–H and O–H groups in total. The Morgan fingerprint density at radius 2 is 2.35 bits per heavy atom. The van der Waals surface area contributed by atoms with Gasteiger partial charge in [-0.15, -0.1) is 0 Å². The first kappa shape index (κ1) is 11.5. The minimum atomic E-state index is -1.10. The molecule has 2 aromatic rings. The van der Waals surface area contributed by atoms with Crippen LogP contribution in [0, 0.1) is 6.92 Å². The Balaban J connectivity index is 2.43. The third-order valence-corrected chi connectivity index (χ3v) is 3.19. The molecule has 88 valence electrons. The normalized spacial score (nSPS) is 10.4. The van der Waals surface area contributed by atoms with Crippen LogP contribution in [-0.2, 0) is 6.54 Å². The van der Waals surface area contributed by atoms with Gasteiger partial charge in [0, 0.05) is 17.3 Å². The van der Waals surface area contributed by atoms with E-state index in [2.05, 4.69) is 9.97 Å². The zero-order valence-electron chi connectivity index (χ0n) is 8.95. The average molecular weight is 251 g/mol. The molecule has 0 amide bonds. The first-order valence-electron chi connectivity index (χ1n) is 4.76. The number of nitrogens with zero attached hydrogens (tertiary/aromatic N) is 3. The summed E-state index contributed by atoms with van der Waals surface area (Å²) in [4.78, 5) is 29.9. The lowest BCUT2D eigenvalue weighted by Gasteiger charge is -2.06. The number of carboxylic acids is 1. The Morgan fingerprint density at radius 3 is 2.94 bits per heavy atom. The maximum atomic E-state index is 11.5. The lowest BCUT2D eigenvalue weighted by Crippen LogP contribution is -2.18. The Labute approximate surface area is 100 Å². The standard InChI is InChI=1S/C10H9N3O3S/c1-6-4-17-10(16)13(6)3-8-7(9(14)15)2-11-5-12-8/h2,4-5H,3H2,1H3,(H,14,15). The van der Waals surface area contributed by atoms with E-state index >= 15 is 0 Å². The summed E-state index contributed by atoms with van der Waals surface area (Å²) in [5.41, 5.74) is 1.14. The second-order valence-electron chi connectivity index (χ2n) is 3.42. The van der Waals surface area contributed by atoms with Gasteiger partial charge in [-0.3, -0.25) is 9.36 Å². The fraction of sp³-hybridized carbons (Fsp3) is 0.200. The molecule has 0 radical (unpaired) electrons. The summed E-state index contributed by atoms with van der Waals surface area (Å²) in [6.07, 6.45) is 2.51. The van der Waals surface area contributed by atoms with Crippen molar-refractivity contribution in [1.29, 1.82) is 0 Å². The van der Waals surface area contributed by atoms with Crippen molar-refractivity contribution in [3.8, 4) is 0 Å². The molecule has 6 nitrogen and oxygen atoms in total. The second-order valence-corrected chi connectivity index (χ2v) is 4.24. The lowest BCUT2D eigenvalue weighted by molar-refractivity contribution is 0.0694. The van der Waals surface area contributed by atoms with Crippen molar-refractivity contribution >= 4 is 17.3 Å². The summed E-state index contributed by atoms with van der Waals surface area (Å²) in [7, 11) is 0. The molecule has 0 aliphatic heterocycles. The van der Waals surface area contributed by atoms with Crippen molar-refractivity contribution < 1.29 is 9.90 Å². The van der Waals surface area contributed by atoms with Crippen LogP contribution in [-0.4, -0.2) is 25.6 Å². The number of carboxylic acid groups (broad SMARTS) is 1. The molecule has 0 fully saturated rings. The van der Waals surface area contributed by atoms with Gasteiger partial charge in [-0.1, -0.05) is 11.3 Å². The van der Waals surface area contributed by atoms with E-state index in [4.69, 9.17) is 5.11 Å². The van der Waals surface area contributed by atoms with Gasteiger partial charge in [-0.25, -0.2) is 14.8 Å². The van der Waals surface area contributed by atoms with E-state index in [1.165, 1.54) is 17.1 Å². The molecule has 0 saturated heterocycles. The minimum absolute atomic E-state index is 0.0185. The van der Waals surface area contributed by atoms with Crippen molar-refractivity contribution in [3.05, 3.63) is 44.5 Å². The molecule has 2 aromatic heterocycles. The highest BCUT2D eigenvalue weighted by molar-refractivity contribution is 7.07. The fourth-order valence-corrected chi connectivity index (χ4v) is 2.14. The monoisotopic (exact) mass is 251 g/mol. The number of hydrogen-bond donors (Lipinski definition) is 1. The minimum Gasteiger partial charge on any atom is -0.478 e. The Bertz CT molecular complexity index is 617. The second kappa shape index (κ2) is 4.46. The fourth-order valence-electron chi connectivity index (χ4n) is 1.41. The van der Waals surface area contributed by atoms with Crippen molar-refractivity contribution in [2.24, 2.45) is 0 Å². The summed E-state index contributed by atoms with van der Waals surface area (Å²) in [6, 6.07) is 0. The molecule has 0 atom stereocenters. The zero-order chi connectivity index (χ0) is 12.4. The molecule has 2 rings (SSSR count). The van der Waals surface area contributed by atoms with Crippen molar-refractivity contribution in [2.75, 3.05) is 0 Å². The van der Waals surface area contributed by atoms with Crippen LogP contribution in [0.25, 0.3) is 0 Å². The van der Waals surface area contributed by atoms with E-state index in [9.17, 15) is 9.59 Å². The summed E-state index contributed by atoms with van der Waals surface area (Å²) >= 11 is 1.08. The molecule has 0 spiro atoms. The predicted octanol–water partition coefficient (Wildman–Crippen LogP) is 0.755. The smallest absolute Gasteiger partial charge is 0.339 e. The lowest BCUT2D eigenvalue weighted by atomic mass is 10.2. The number of thiazole rings is 1. The van der Waals surface area contributed by atoms with Gasteiger partial charge in [0.25, 0.3) is 0 Å². The highest BCUT2D eigenvalue weighted by Crippen LogP contribution is 2.08. The topological polar surface area (TPSA) is 85.1 Å². The first-order chi connectivity index (χ1) is 8.09. The maximum absolute atomic E-state index is 11.5. The molecule has 0 aliphatic rings. The third-order valence-electron chi connectivity index (χ3n) is 2.31. The van der Waals surface area contributed by atoms with Crippen LogP contribution < -0.4 is 4.87 Å². The van der Waals surface area contributed by atoms with Gasteiger partial charge in [0.1, 0.15) is 11.9 Å². The van der Waals surface area contributed by atoms with Gasteiger partial charge >= 0.3 is 10.8 Å². The summed E-state index contributed by atoms with van der Waals surface area (Å²) < 4.78 is 1.49. The molecule has 0 saturated carbocycles. The highest BCUT2D eigenvalue weighted by Gasteiger charge is 2.13. The summed E-state index contributed by atoms with van der Waals surface area (Å²) in [5, 5.41) is 10.7. The van der Waals surface area contributed by atoms with E-state index in [1.54, 1.807) is 12.3 Å². The van der Waals surface area contributed by atoms with Gasteiger partial charge in [0.05, 0.1) is 12.2 Å². The highest BCUT2D eigenvalue weighted by atomic mass is 32.1. The molecule has 0 bridgehead atoms. The molecule has 7 heteroatoms. The SMILES string of the molecule is Cc1csc(=O)n1Cc1ncncc1C(=O)O. The van der Waals surface area contributed by atoms with Crippen LogP contribution >= 0.6 is 11.3 Å². The van der Waals surface area contributed by atoms with Crippen LogP contribution in [0.2, 0.25) is 0 Å². The zero-order valence-corrected chi connectivity index (χ0v) is 9.77. The van der Waals surface area contributed by atoms with Crippen LogP contribution in [0.3, 0.4) is 0 Å². The number of hydrogen-bond acceptors (Lipinski definition) is 5. The largest absolute Gasteiger partial charge is 0.478 e. The van der Waals surface area contributed by atoms with Crippen LogP contribution in [0.15, 0.2) is 22.7 Å². The predicted molar refractivity (Wildman–Crippen MR) is 61.4 cm³/mol. The van der Waals surface area contributed by atoms with Crippen molar-refractivity contribution in [1.82, 2.24) is 14.5 Å². The van der Waals surface area contributed by atoms with E-state index < -0.39 is 5.97 Å². The molecule has 17 heavy (non-hydrogen) atoms. The van der Waals surface area contributed by atoms with Crippen molar-refractivity contribution in [2.45, 2.75) is 13.5 Å². The number of aromatic carboxylic acids is 1. The number of rotatable bonds is 3. The number of aryl methyl sites for hydroxylation is 1. The van der Waals surface area contributed by atoms with Crippen LogP contribution in [0.4, 0.5) is 0 Å². The maximum Gasteiger partial charge on any atom is 0.339 e. The van der Waals surface area contributed by atoms with Crippen LogP contribution in [0.5, 0.6) is 0 Å². The van der Waals surface area contributed by atoms with E-state index in [0.29, 0.717) is 5.69 Å². The van der Waals surface area contributed by atoms with E-state index in [1.807, 2.05) is 0 Å². The molecule has 0 unspecified atom stereocenters. The molecule has 0 aliphatic carbocycles. The summed E-state index contributed by atoms with van der Waals surface area (Å²) in [6.45, 7) is 1.94. The average Bonchev–Trinajstić information content (AvgIpc) is 2.61. The Morgan fingerprint density at radius 1 is 1.59 bits per heavy atom. The Kier molecular flexibility index (Phi) is 3.01. The summed E-state index contributed by atoms with van der Waals surface area (Å²) in [5.74, 6) is -1.10. The van der Waals surface area contributed by atoms with Crippen LogP contribution in [0.1, 0.15) is 21.7 Å². The molecular weight excluding hydrogens is 242 g/mol. The van der Waals surface area contributed by atoms with E-state index in [-0.39, 0.29) is 17.0 Å². The van der Waals surface area contributed by atoms with Gasteiger partial charge in [-0.05, 0) is 6.92 Å². The Hall–Kier alpha value is -2.02. The quantitative estimate of drug-likeness (QED) is 0.870. The van der Waals surface area contributed by atoms with Gasteiger partial charge in [-0.2, -0.15) is 0 Å². The van der Waals surface area contributed by atoms with Gasteiger partial charge in [0.2, 0.25) is 0 Å². The molecule has 0 aromatic carbocycles. The number of carbonyl (C=O) groups is 1. The van der Waals surface area contributed by atoms with Gasteiger partial charge in [0.15, 0.2) is 0 Å². The van der Waals surface area contributed by atoms with E-state index in [0.717, 1.165) is 17.0 Å². The molecular formula is C10H9N3O3S. The molecule has 2 heterocycles. The number of aromatic nitrogens is 3. The van der Waals surface area contributed by atoms with Gasteiger partial charge < -0.3 is 5.11 Å². The third kappa shape index (κ3) is 2.23.